The zero-order chi connectivity index (χ0) is 28.0. The summed E-state index contributed by atoms with van der Waals surface area (Å²) < 4.78 is 89.9. The number of fused-ring (bicyclic) bond motifs is 3. The molecule has 0 unspecified atom stereocenters. The minimum Gasteiger partial charge on any atom is -0.456 e. The first-order valence-electron chi connectivity index (χ1n) is 11.8. The molecule has 2 aromatic heterocycles. The van der Waals surface area contributed by atoms with Gasteiger partial charge in [-0.3, -0.25) is 0 Å². The summed E-state index contributed by atoms with van der Waals surface area (Å²) in [7, 11) is -3.26. The van der Waals surface area contributed by atoms with Crippen LogP contribution < -0.4 is 10.6 Å². The Bertz CT molecular complexity index is 1440. The molecular weight excluding hydrogens is 530 g/mol. The Morgan fingerprint density at radius 2 is 1.42 bits per heavy atom. The Labute approximate surface area is 214 Å². The number of ether oxygens (including phenoxy) is 1. The van der Waals surface area contributed by atoms with Crippen LogP contribution in [0.1, 0.15) is 38.1 Å². The first-order valence-corrected chi connectivity index (χ1v) is 13.9. The van der Waals surface area contributed by atoms with Crippen molar-refractivity contribution in [2.24, 2.45) is 0 Å². The summed E-state index contributed by atoms with van der Waals surface area (Å²) in [4.78, 5) is 22.2. The lowest BCUT2D eigenvalue weighted by Gasteiger charge is -2.39. The van der Waals surface area contributed by atoms with Crippen molar-refractivity contribution in [1.82, 2.24) is 9.97 Å². The van der Waals surface area contributed by atoms with Gasteiger partial charge in [-0.2, -0.15) is 26.3 Å². The number of rotatable bonds is 6. The molecule has 4 rings (SSSR count). The van der Waals surface area contributed by atoms with Gasteiger partial charge in [0.05, 0.1) is 5.56 Å². The Morgan fingerprint density at radius 3 is 1.97 bits per heavy atom. The molecule has 4 aromatic rings. The van der Waals surface area contributed by atoms with Gasteiger partial charge in [-0.25, -0.2) is 14.8 Å². The standard InChI is InChI=1S/C26H24F6N2O3Si/c1-14(2)38(15(3)4,24-33-10-7-11-34-24)21-13-17-16-8-5-6-9-19(16)36-20(17)12-18(21)22(35)37-23(25(27,28)29)26(30,31)32/h5-15,23H,1-4H3. The van der Waals surface area contributed by atoms with Crippen LogP contribution in [0.5, 0.6) is 0 Å². The summed E-state index contributed by atoms with van der Waals surface area (Å²) >= 11 is 0. The number of halogens is 6. The van der Waals surface area contributed by atoms with Crippen LogP contribution in [0.15, 0.2) is 59.3 Å². The van der Waals surface area contributed by atoms with Gasteiger partial charge in [-0.1, -0.05) is 45.9 Å². The van der Waals surface area contributed by atoms with E-state index in [1.165, 1.54) is 18.5 Å². The van der Waals surface area contributed by atoms with Gasteiger partial charge >= 0.3 is 18.3 Å². The van der Waals surface area contributed by atoms with Crippen molar-refractivity contribution < 1.29 is 40.3 Å². The molecule has 0 N–H and O–H groups in total. The maximum absolute atomic E-state index is 13.3. The monoisotopic (exact) mass is 554 g/mol. The number of aromatic nitrogens is 2. The van der Waals surface area contributed by atoms with Gasteiger partial charge in [0.25, 0.3) is 6.10 Å². The molecule has 0 fully saturated rings. The molecule has 2 aromatic carbocycles. The van der Waals surface area contributed by atoms with Crippen LogP contribution in [-0.4, -0.2) is 42.5 Å². The van der Waals surface area contributed by atoms with Crippen LogP contribution >= 0.6 is 0 Å². The number of hydrogen-bond donors (Lipinski definition) is 0. The van der Waals surface area contributed by atoms with Crippen molar-refractivity contribution in [3.8, 4) is 0 Å². The summed E-state index contributed by atoms with van der Waals surface area (Å²) in [5, 5.41) is 1.52. The lowest BCUT2D eigenvalue weighted by Crippen LogP contribution is -2.66. The topological polar surface area (TPSA) is 65.2 Å². The summed E-state index contributed by atoms with van der Waals surface area (Å²) in [5.41, 5.74) is 0.105. The molecule has 2 heterocycles. The molecule has 0 aliphatic carbocycles. The van der Waals surface area contributed by atoms with Gasteiger partial charge in [0.2, 0.25) is 0 Å². The van der Waals surface area contributed by atoms with Crippen LogP contribution in [-0.2, 0) is 4.74 Å². The second kappa shape index (κ2) is 9.72. The minimum absolute atomic E-state index is 0.127. The van der Waals surface area contributed by atoms with Crippen LogP contribution in [0.2, 0.25) is 11.1 Å². The Hall–Kier alpha value is -3.41. The zero-order valence-electron chi connectivity index (χ0n) is 20.8. The van der Waals surface area contributed by atoms with Crippen molar-refractivity contribution in [3.63, 3.8) is 0 Å². The largest absolute Gasteiger partial charge is 0.456 e. The molecule has 0 spiro atoms. The van der Waals surface area contributed by atoms with E-state index in [-0.39, 0.29) is 21.9 Å². The highest BCUT2D eigenvalue weighted by molar-refractivity contribution is 7.03. The van der Waals surface area contributed by atoms with Crippen molar-refractivity contribution in [1.29, 1.82) is 0 Å². The molecular formula is C26H24F6N2O3Si. The molecule has 0 amide bonds. The summed E-state index contributed by atoms with van der Waals surface area (Å²) in [6, 6.07) is 11.3. The number of benzene rings is 2. The van der Waals surface area contributed by atoms with Gasteiger partial charge in [0.15, 0.2) is 8.07 Å². The van der Waals surface area contributed by atoms with Crippen LogP contribution in [0.25, 0.3) is 21.9 Å². The zero-order valence-corrected chi connectivity index (χ0v) is 21.8. The average Bonchev–Trinajstić information content (AvgIpc) is 3.19. The third-order valence-electron chi connectivity index (χ3n) is 6.76. The van der Waals surface area contributed by atoms with E-state index in [1.54, 1.807) is 36.4 Å². The Balaban J connectivity index is 2.07. The predicted molar refractivity (Wildman–Crippen MR) is 132 cm³/mol. The molecule has 5 nitrogen and oxygen atoms in total. The molecule has 0 atom stereocenters. The molecule has 0 aliphatic rings. The van der Waals surface area contributed by atoms with E-state index < -0.39 is 38.1 Å². The number of esters is 1. The Kier molecular flexibility index (Phi) is 7.06. The highest BCUT2D eigenvalue weighted by atomic mass is 28.3. The third-order valence-corrected chi connectivity index (χ3v) is 12.7. The van der Waals surface area contributed by atoms with E-state index in [2.05, 4.69) is 14.7 Å². The maximum Gasteiger partial charge on any atom is 0.434 e. The first-order chi connectivity index (χ1) is 17.7. The Morgan fingerprint density at radius 1 is 0.842 bits per heavy atom. The highest BCUT2D eigenvalue weighted by Gasteiger charge is 2.60. The average molecular weight is 555 g/mol. The van der Waals surface area contributed by atoms with Crippen LogP contribution in [0.3, 0.4) is 0 Å². The number of carbonyl (C=O) groups excluding carboxylic acids is 1. The van der Waals surface area contributed by atoms with E-state index in [9.17, 15) is 31.1 Å². The summed E-state index contributed by atoms with van der Waals surface area (Å²) in [6.07, 6.45) is -13.0. The molecule has 0 saturated carbocycles. The molecule has 0 radical (unpaired) electrons. The summed E-state index contributed by atoms with van der Waals surface area (Å²) in [6.45, 7) is 7.51. The molecule has 202 valence electrons. The van der Waals surface area contributed by atoms with Crippen molar-refractivity contribution in [3.05, 3.63) is 60.4 Å². The number of furan rings is 1. The molecule has 0 bridgehead atoms. The fourth-order valence-electron chi connectivity index (χ4n) is 5.21. The number of para-hydroxylation sites is 1. The van der Waals surface area contributed by atoms with E-state index in [1.807, 2.05) is 27.7 Å². The van der Waals surface area contributed by atoms with Crippen molar-refractivity contribution in [2.45, 2.75) is 57.2 Å². The van der Waals surface area contributed by atoms with E-state index in [0.717, 1.165) is 0 Å². The van der Waals surface area contributed by atoms with E-state index in [0.29, 0.717) is 21.8 Å². The van der Waals surface area contributed by atoms with Crippen molar-refractivity contribution in [2.75, 3.05) is 0 Å². The number of carbonyl (C=O) groups is 1. The predicted octanol–water partition coefficient (Wildman–Crippen LogP) is 6.41. The fourth-order valence-corrected chi connectivity index (χ4v) is 10.6. The molecule has 0 saturated heterocycles. The summed E-state index contributed by atoms with van der Waals surface area (Å²) in [5.74, 6) is -1.75. The van der Waals surface area contributed by atoms with Crippen LogP contribution in [0, 0.1) is 0 Å². The molecule has 0 aliphatic heterocycles. The normalized spacial score (nSPS) is 13.3. The van der Waals surface area contributed by atoms with Crippen LogP contribution in [0.4, 0.5) is 26.3 Å². The first kappa shape index (κ1) is 27.6. The van der Waals surface area contributed by atoms with E-state index >= 15 is 0 Å². The number of hydrogen-bond acceptors (Lipinski definition) is 5. The SMILES string of the molecule is CC(C)[Si](c1ncccn1)(c1cc2c(cc1C(=O)OC(C(F)(F)F)C(F)(F)F)oc1ccccc12)C(C)C. The molecule has 38 heavy (non-hydrogen) atoms. The van der Waals surface area contributed by atoms with Crippen molar-refractivity contribution >= 4 is 46.6 Å². The van der Waals surface area contributed by atoms with Gasteiger partial charge in [0.1, 0.15) is 16.6 Å². The lowest BCUT2D eigenvalue weighted by molar-refractivity contribution is -0.307. The smallest absolute Gasteiger partial charge is 0.434 e. The maximum atomic E-state index is 13.3. The van der Waals surface area contributed by atoms with Gasteiger partial charge in [-0.15, -0.1) is 0 Å². The van der Waals surface area contributed by atoms with Gasteiger partial charge < -0.3 is 9.15 Å². The van der Waals surface area contributed by atoms with Gasteiger partial charge in [0, 0.05) is 23.2 Å². The number of alkyl halides is 6. The highest BCUT2D eigenvalue weighted by Crippen LogP contribution is 2.38. The lowest BCUT2D eigenvalue weighted by atomic mass is 10.1. The fraction of sp³-hybridized carbons (Fsp3) is 0.346. The molecule has 12 heteroatoms. The number of nitrogens with zero attached hydrogens (tertiary/aromatic N) is 2. The second-order valence-corrected chi connectivity index (χ2v) is 14.6. The third kappa shape index (κ3) is 4.65. The van der Waals surface area contributed by atoms with Gasteiger partial charge in [-0.05, 0) is 40.5 Å². The van der Waals surface area contributed by atoms with E-state index in [4.69, 9.17) is 4.42 Å². The second-order valence-electron chi connectivity index (χ2n) is 9.61. The minimum atomic E-state index is -5.86. The quantitative estimate of drug-likeness (QED) is 0.157.